The maximum absolute atomic E-state index is 12.3. The molecular weight excluding hydrogens is 276 g/mol. The number of piperazine rings is 1. The van der Waals surface area contributed by atoms with Crippen LogP contribution in [0.15, 0.2) is 4.79 Å². The van der Waals surface area contributed by atoms with Crippen LogP contribution in [0.3, 0.4) is 0 Å². The van der Waals surface area contributed by atoms with Gasteiger partial charge in [0.2, 0.25) is 17.7 Å². The third-order valence-corrected chi connectivity index (χ3v) is 3.52. The maximum Gasteiger partial charge on any atom is 0.345 e. The molecule has 8 heteroatoms. The zero-order chi connectivity index (χ0) is 15.7. The van der Waals surface area contributed by atoms with Crippen molar-refractivity contribution in [3.63, 3.8) is 0 Å². The molecule has 0 aliphatic carbocycles. The highest BCUT2D eigenvalue weighted by atomic mass is 16.2. The van der Waals surface area contributed by atoms with Crippen molar-refractivity contribution in [3.8, 4) is 0 Å². The lowest BCUT2D eigenvalue weighted by Crippen LogP contribution is -2.58. The minimum atomic E-state index is -0.702. The van der Waals surface area contributed by atoms with Gasteiger partial charge in [0.25, 0.3) is 0 Å². The van der Waals surface area contributed by atoms with Gasteiger partial charge in [0.15, 0.2) is 0 Å². The second kappa shape index (κ2) is 5.47. The minimum absolute atomic E-state index is 0.0215. The smallest absolute Gasteiger partial charge is 0.321 e. The zero-order valence-electron chi connectivity index (χ0n) is 12.0. The first-order valence-electron chi connectivity index (χ1n) is 6.49. The quantitative estimate of drug-likeness (QED) is 0.665. The molecule has 0 saturated carbocycles. The lowest BCUT2D eigenvalue weighted by atomic mass is 10.1. The van der Waals surface area contributed by atoms with Crippen molar-refractivity contribution in [2.45, 2.75) is 33.2 Å². The highest BCUT2D eigenvalue weighted by Gasteiger charge is 2.33. The molecule has 1 unspecified atom stereocenters. The molecule has 1 saturated heterocycles. The van der Waals surface area contributed by atoms with E-state index in [9.17, 15) is 19.2 Å². The molecular formula is C13H16N4O4. The number of amides is 3. The molecule has 8 nitrogen and oxygen atoms in total. The number of hydrogen-bond donors (Lipinski definition) is 2. The van der Waals surface area contributed by atoms with E-state index >= 15 is 0 Å². The highest BCUT2D eigenvalue weighted by molar-refractivity contribution is 6.04. The van der Waals surface area contributed by atoms with Crippen LogP contribution in [0.25, 0.3) is 0 Å². The molecule has 1 aliphatic heterocycles. The summed E-state index contributed by atoms with van der Waals surface area (Å²) >= 11 is 0. The van der Waals surface area contributed by atoms with Crippen LogP contribution in [0.5, 0.6) is 0 Å². The number of aryl methyl sites for hydroxylation is 2. The molecule has 0 aromatic carbocycles. The van der Waals surface area contributed by atoms with E-state index < -0.39 is 23.5 Å². The van der Waals surface area contributed by atoms with Crippen LogP contribution < -0.4 is 11.0 Å². The van der Waals surface area contributed by atoms with Gasteiger partial charge in [-0.3, -0.25) is 19.7 Å². The van der Waals surface area contributed by atoms with Crippen LogP contribution in [0, 0.1) is 13.8 Å². The SMILES string of the molecule is Cc1nc(=O)[nH]c(C)c1CC(=O)N1CC(=O)NC(=O)C1C. The first-order chi connectivity index (χ1) is 9.79. The van der Waals surface area contributed by atoms with Gasteiger partial charge in [-0.05, 0) is 20.8 Å². The second-order valence-corrected chi connectivity index (χ2v) is 5.02. The van der Waals surface area contributed by atoms with Crippen molar-refractivity contribution in [3.05, 3.63) is 27.4 Å². The summed E-state index contributed by atoms with van der Waals surface area (Å²) in [7, 11) is 0. The fourth-order valence-corrected chi connectivity index (χ4v) is 2.29. The monoisotopic (exact) mass is 292 g/mol. The van der Waals surface area contributed by atoms with Crippen molar-refractivity contribution in [1.29, 1.82) is 0 Å². The number of imide groups is 1. The van der Waals surface area contributed by atoms with Gasteiger partial charge in [0.05, 0.1) is 6.42 Å². The molecule has 0 bridgehead atoms. The van der Waals surface area contributed by atoms with Crippen molar-refractivity contribution in [2.75, 3.05) is 6.54 Å². The molecule has 2 heterocycles. The Morgan fingerprint density at radius 3 is 2.62 bits per heavy atom. The number of rotatable bonds is 2. The average Bonchev–Trinajstić information content (AvgIpc) is 2.37. The van der Waals surface area contributed by atoms with Gasteiger partial charge in [-0.1, -0.05) is 0 Å². The first-order valence-corrected chi connectivity index (χ1v) is 6.49. The van der Waals surface area contributed by atoms with E-state index in [1.165, 1.54) is 4.90 Å². The molecule has 112 valence electrons. The van der Waals surface area contributed by atoms with Gasteiger partial charge in [0, 0.05) is 17.0 Å². The van der Waals surface area contributed by atoms with Gasteiger partial charge >= 0.3 is 5.69 Å². The Bertz CT molecular complexity index is 653. The number of carbonyl (C=O) groups excluding carboxylic acids is 3. The fourth-order valence-electron chi connectivity index (χ4n) is 2.29. The molecule has 1 atom stereocenters. The summed E-state index contributed by atoms with van der Waals surface area (Å²) in [5.74, 6) is -1.35. The zero-order valence-corrected chi connectivity index (χ0v) is 12.0. The first kappa shape index (κ1) is 14.9. The highest BCUT2D eigenvalue weighted by Crippen LogP contribution is 2.12. The van der Waals surface area contributed by atoms with Crippen molar-refractivity contribution in [2.24, 2.45) is 0 Å². The van der Waals surface area contributed by atoms with Crippen molar-refractivity contribution in [1.82, 2.24) is 20.2 Å². The summed E-state index contributed by atoms with van der Waals surface area (Å²) in [4.78, 5) is 54.0. The number of carbonyl (C=O) groups is 3. The summed E-state index contributed by atoms with van der Waals surface area (Å²) in [5.41, 5.74) is 1.15. The molecule has 1 aromatic rings. The molecule has 0 spiro atoms. The van der Waals surface area contributed by atoms with Gasteiger partial charge in [0.1, 0.15) is 12.6 Å². The summed E-state index contributed by atoms with van der Waals surface area (Å²) in [6, 6.07) is -0.702. The lowest BCUT2D eigenvalue weighted by molar-refractivity contribution is -0.149. The predicted molar refractivity (Wildman–Crippen MR) is 72.4 cm³/mol. The number of aromatic amines is 1. The number of hydrogen-bond acceptors (Lipinski definition) is 5. The van der Waals surface area contributed by atoms with Crippen LogP contribution >= 0.6 is 0 Å². The Balaban J connectivity index is 2.24. The predicted octanol–water partition coefficient (Wildman–Crippen LogP) is -1.20. The second-order valence-electron chi connectivity index (χ2n) is 5.02. The summed E-state index contributed by atoms with van der Waals surface area (Å²) in [5, 5.41) is 2.18. The topological polar surface area (TPSA) is 112 Å². The fraction of sp³-hybridized carbons (Fsp3) is 0.462. The molecule has 1 aromatic heterocycles. The molecule has 0 radical (unpaired) electrons. The average molecular weight is 292 g/mol. The Kier molecular flexibility index (Phi) is 3.88. The lowest BCUT2D eigenvalue weighted by Gasteiger charge is -2.31. The summed E-state index contributed by atoms with van der Waals surface area (Å²) in [6.45, 7) is 4.73. The number of nitrogens with zero attached hydrogens (tertiary/aromatic N) is 2. The Labute approximate surface area is 120 Å². The van der Waals surface area contributed by atoms with Crippen LogP contribution in [-0.2, 0) is 20.8 Å². The van der Waals surface area contributed by atoms with Gasteiger partial charge < -0.3 is 9.88 Å². The Morgan fingerprint density at radius 1 is 1.33 bits per heavy atom. The van der Waals surface area contributed by atoms with E-state index in [-0.39, 0.29) is 18.9 Å². The number of H-pyrrole nitrogens is 1. The summed E-state index contributed by atoms with van der Waals surface area (Å²) < 4.78 is 0. The third-order valence-electron chi connectivity index (χ3n) is 3.52. The molecule has 2 rings (SSSR count). The van der Waals surface area contributed by atoms with E-state index in [0.717, 1.165) is 0 Å². The minimum Gasteiger partial charge on any atom is -0.321 e. The number of nitrogens with one attached hydrogen (secondary N) is 2. The molecule has 2 N–H and O–H groups in total. The molecule has 1 aliphatic rings. The van der Waals surface area contributed by atoms with Crippen molar-refractivity contribution < 1.29 is 14.4 Å². The standard InChI is InChI=1S/C13H16N4O4/c1-6-9(7(2)15-13(21)14-6)4-11(19)17-5-10(18)16-12(20)8(17)3/h8H,4-5H2,1-3H3,(H,14,15,21)(H,16,18,20). The van der Waals surface area contributed by atoms with Crippen molar-refractivity contribution >= 4 is 17.7 Å². The van der Waals surface area contributed by atoms with Crippen LogP contribution in [0.2, 0.25) is 0 Å². The van der Waals surface area contributed by atoms with Gasteiger partial charge in [-0.25, -0.2) is 4.79 Å². The molecule has 1 fully saturated rings. The van der Waals surface area contributed by atoms with Crippen LogP contribution in [0.1, 0.15) is 23.9 Å². The number of aromatic nitrogens is 2. The molecule has 21 heavy (non-hydrogen) atoms. The third kappa shape index (κ3) is 2.99. The normalized spacial score (nSPS) is 18.6. The summed E-state index contributed by atoms with van der Waals surface area (Å²) in [6.07, 6.45) is -0.0215. The van der Waals surface area contributed by atoms with E-state index in [1.54, 1.807) is 20.8 Å². The van der Waals surface area contributed by atoms with Crippen LogP contribution in [0.4, 0.5) is 0 Å². The van der Waals surface area contributed by atoms with E-state index in [1.807, 2.05) is 0 Å². The van der Waals surface area contributed by atoms with E-state index in [4.69, 9.17) is 0 Å². The Hall–Kier alpha value is -2.51. The molecule has 3 amide bonds. The van der Waals surface area contributed by atoms with Crippen LogP contribution in [-0.4, -0.2) is 45.2 Å². The Morgan fingerprint density at radius 2 is 2.00 bits per heavy atom. The van der Waals surface area contributed by atoms with Gasteiger partial charge in [-0.2, -0.15) is 4.98 Å². The van der Waals surface area contributed by atoms with E-state index in [0.29, 0.717) is 17.0 Å². The maximum atomic E-state index is 12.3. The largest absolute Gasteiger partial charge is 0.345 e. The van der Waals surface area contributed by atoms with Gasteiger partial charge in [-0.15, -0.1) is 0 Å². The van der Waals surface area contributed by atoms with E-state index in [2.05, 4.69) is 15.3 Å².